The average molecular weight is 418 g/mol. The molecular formula is C20H20ClN3O3S. The Kier molecular flexibility index (Phi) is 4.77. The zero-order chi connectivity index (χ0) is 19.9. The summed E-state index contributed by atoms with van der Waals surface area (Å²) in [6, 6.07) is 14.1. The van der Waals surface area contributed by atoms with Crippen LogP contribution in [-0.2, 0) is 14.8 Å². The summed E-state index contributed by atoms with van der Waals surface area (Å²) in [6.45, 7) is 2.38. The molecule has 2 aliphatic rings. The molecule has 8 heteroatoms. The zero-order valence-electron chi connectivity index (χ0n) is 15.4. The molecule has 0 radical (unpaired) electrons. The number of aryl methyl sites for hydroxylation is 1. The number of rotatable bonds is 3. The monoisotopic (exact) mass is 417 g/mol. The molecule has 2 heterocycles. The third-order valence-corrected chi connectivity index (χ3v) is 7.57. The summed E-state index contributed by atoms with van der Waals surface area (Å²) in [5.41, 5.74) is 1.26. The van der Waals surface area contributed by atoms with Crippen molar-refractivity contribution in [3.63, 3.8) is 0 Å². The number of carbonyl (C=O) groups excluding carboxylic acids is 1. The topological polar surface area (TPSA) is 78.8 Å². The second kappa shape index (κ2) is 6.99. The van der Waals surface area contributed by atoms with E-state index in [1.165, 1.54) is 10.4 Å². The summed E-state index contributed by atoms with van der Waals surface area (Å²) in [5.74, 6) is -0.215. The van der Waals surface area contributed by atoms with E-state index in [-0.39, 0.29) is 23.9 Å². The van der Waals surface area contributed by atoms with Crippen molar-refractivity contribution in [2.24, 2.45) is 4.99 Å². The molecule has 4 rings (SSSR count). The predicted molar refractivity (Wildman–Crippen MR) is 108 cm³/mol. The van der Waals surface area contributed by atoms with E-state index in [0.717, 1.165) is 11.1 Å². The van der Waals surface area contributed by atoms with Crippen LogP contribution in [0.4, 0.5) is 0 Å². The largest absolute Gasteiger partial charge is 0.326 e. The van der Waals surface area contributed by atoms with Crippen LogP contribution in [0.3, 0.4) is 0 Å². The van der Waals surface area contributed by atoms with E-state index >= 15 is 0 Å². The van der Waals surface area contributed by atoms with E-state index in [4.69, 9.17) is 11.6 Å². The van der Waals surface area contributed by atoms with Crippen LogP contribution in [0.5, 0.6) is 0 Å². The molecule has 0 aliphatic carbocycles. The standard InChI is InChI=1S/C20H20ClN3O3S/c1-14-7-8-16(13-17(14)21)28(26,27)24-11-9-20(10-12-24)22-18(19(25)23-20)15-5-3-2-4-6-15/h2-8,13H,9-12H2,1H3,(H,23,25). The van der Waals surface area contributed by atoms with Crippen LogP contribution >= 0.6 is 11.6 Å². The highest BCUT2D eigenvalue weighted by atomic mass is 35.5. The Morgan fingerprint density at radius 3 is 2.43 bits per heavy atom. The van der Waals surface area contributed by atoms with E-state index in [1.807, 2.05) is 37.3 Å². The molecule has 0 saturated carbocycles. The third kappa shape index (κ3) is 3.34. The van der Waals surface area contributed by atoms with Gasteiger partial charge in [0.15, 0.2) is 0 Å². The van der Waals surface area contributed by atoms with E-state index < -0.39 is 15.7 Å². The van der Waals surface area contributed by atoms with Gasteiger partial charge >= 0.3 is 0 Å². The molecule has 1 N–H and O–H groups in total. The molecule has 2 aromatic rings. The van der Waals surface area contributed by atoms with Crippen LogP contribution < -0.4 is 5.32 Å². The molecule has 6 nitrogen and oxygen atoms in total. The van der Waals surface area contributed by atoms with Crippen molar-refractivity contribution in [3.8, 4) is 0 Å². The van der Waals surface area contributed by atoms with Crippen LogP contribution in [0.15, 0.2) is 58.4 Å². The lowest BCUT2D eigenvalue weighted by molar-refractivity contribution is -0.115. The molecule has 1 fully saturated rings. The van der Waals surface area contributed by atoms with Gasteiger partial charge in [-0.25, -0.2) is 8.42 Å². The van der Waals surface area contributed by atoms with Crippen LogP contribution in [-0.4, -0.2) is 43.1 Å². The van der Waals surface area contributed by atoms with Gasteiger partial charge in [0.25, 0.3) is 5.91 Å². The Morgan fingerprint density at radius 1 is 1.11 bits per heavy atom. The minimum absolute atomic E-state index is 0.183. The maximum atomic E-state index is 12.9. The van der Waals surface area contributed by atoms with Gasteiger partial charge in [-0.05, 0) is 24.6 Å². The number of sulfonamides is 1. The van der Waals surface area contributed by atoms with Crippen molar-refractivity contribution >= 4 is 33.2 Å². The lowest BCUT2D eigenvalue weighted by Crippen LogP contribution is -2.52. The number of amides is 1. The van der Waals surface area contributed by atoms with Crippen molar-refractivity contribution < 1.29 is 13.2 Å². The van der Waals surface area contributed by atoms with Crippen molar-refractivity contribution in [3.05, 3.63) is 64.7 Å². The van der Waals surface area contributed by atoms with E-state index in [2.05, 4.69) is 10.3 Å². The number of hydrogen-bond donors (Lipinski definition) is 1. The van der Waals surface area contributed by atoms with Crippen molar-refractivity contribution in [2.75, 3.05) is 13.1 Å². The fourth-order valence-corrected chi connectivity index (χ4v) is 5.28. The first-order valence-corrected chi connectivity index (χ1v) is 10.9. The SMILES string of the molecule is Cc1ccc(S(=O)(=O)N2CCC3(CC2)N=C(c2ccccc2)C(=O)N3)cc1Cl. The van der Waals surface area contributed by atoms with Crippen LogP contribution in [0.25, 0.3) is 0 Å². The summed E-state index contributed by atoms with van der Waals surface area (Å²) in [7, 11) is -3.64. The molecule has 0 unspecified atom stereocenters. The van der Waals surface area contributed by atoms with Gasteiger partial charge in [0.05, 0.1) is 4.90 Å². The number of piperidine rings is 1. The number of nitrogens with zero attached hydrogens (tertiary/aromatic N) is 2. The molecular weight excluding hydrogens is 398 g/mol. The van der Waals surface area contributed by atoms with Gasteiger partial charge in [0.1, 0.15) is 11.4 Å². The minimum Gasteiger partial charge on any atom is -0.326 e. The summed E-state index contributed by atoms with van der Waals surface area (Å²) in [6.07, 6.45) is 0.849. The Hall–Kier alpha value is -2.22. The number of carbonyl (C=O) groups is 1. The Bertz CT molecular complexity index is 1060. The quantitative estimate of drug-likeness (QED) is 0.833. The van der Waals surface area contributed by atoms with Gasteiger partial charge in [0, 0.05) is 36.5 Å². The fourth-order valence-electron chi connectivity index (χ4n) is 3.57. The Labute approximate surface area is 169 Å². The molecule has 1 amide bonds. The van der Waals surface area contributed by atoms with Gasteiger partial charge in [-0.15, -0.1) is 0 Å². The first-order chi connectivity index (χ1) is 13.3. The lowest BCUT2D eigenvalue weighted by atomic mass is 10.00. The van der Waals surface area contributed by atoms with Gasteiger partial charge in [0.2, 0.25) is 10.0 Å². The van der Waals surface area contributed by atoms with Crippen LogP contribution in [0.1, 0.15) is 24.0 Å². The lowest BCUT2D eigenvalue weighted by Gasteiger charge is -2.36. The average Bonchev–Trinajstić information content (AvgIpc) is 3.00. The van der Waals surface area contributed by atoms with Crippen molar-refractivity contribution in [2.45, 2.75) is 30.3 Å². The number of hydrogen-bond acceptors (Lipinski definition) is 4. The van der Waals surface area contributed by atoms with Crippen molar-refractivity contribution in [1.82, 2.24) is 9.62 Å². The maximum Gasteiger partial charge on any atom is 0.272 e. The highest BCUT2D eigenvalue weighted by Gasteiger charge is 2.44. The van der Waals surface area contributed by atoms with E-state index in [1.54, 1.807) is 12.1 Å². The summed E-state index contributed by atoms with van der Waals surface area (Å²) in [5, 5.41) is 3.39. The molecule has 0 bridgehead atoms. The molecule has 146 valence electrons. The second-order valence-electron chi connectivity index (χ2n) is 7.13. The van der Waals surface area contributed by atoms with Crippen molar-refractivity contribution in [1.29, 1.82) is 0 Å². The smallest absolute Gasteiger partial charge is 0.272 e. The molecule has 28 heavy (non-hydrogen) atoms. The maximum absolute atomic E-state index is 12.9. The molecule has 2 aromatic carbocycles. The number of benzene rings is 2. The van der Waals surface area contributed by atoms with E-state index in [9.17, 15) is 13.2 Å². The van der Waals surface area contributed by atoms with Crippen LogP contribution in [0, 0.1) is 6.92 Å². The number of halogens is 1. The fraction of sp³-hybridized carbons (Fsp3) is 0.300. The number of aliphatic imine (C=N–C) groups is 1. The first kappa shape index (κ1) is 19.1. The predicted octanol–water partition coefficient (Wildman–Crippen LogP) is 2.75. The Balaban J connectivity index is 1.54. The summed E-state index contributed by atoms with van der Waals surface area (Å²) in [4.78, 5) is 17.3. The molecule has 2 aliphatic heterocycles. The van der Waals surface area contributed by atoms with Gasteiger partial charge < -0.3 is 5.32 Å². The summed E-state index contributed by atoms with van der Waals surface area (Å²) >= 11 is 6.10. The summed E-state index contributed by atoms with van der Waals surface area (Å²) < 4.78 is 27.3. The van der Waals surface area contributed by atoms with Gasteiger partial charge in [-0.3, -0.25) is 9.79 Å². The third-order valence-electron chi connectivity index (χ3n) is 5.26. The normalized spacial score (nSPS) is 19.5. The second-order valence-corrected chi connectivity index (χ2v) is 9.47. The number of nitrogens with one attached hydrogen (secondary N) is 1. The zero-order valence-corrected chi connectivity index (χ0v) is 16.9. The minimum atomic E-state index is -3.64. The highest BCUT2D eigenvalue weighted by Crippen LogP contribution is 2.32. The molecule has 0 atom stereocenters. The van der Waals surface area contributed by atoms with Gasteiger partial charge in [-0.2, -0.15) is 4.31 Å². The molecule has 1 saturated heterocycles. The molecule has 1 spiro atoms. The highest BCUT2D eigenvalue weighted by molar-refractivity contribution is 7.89. The van der Waals surface area contributed by atoms with Gasteiger partial charge in [-0.1, -0.05) is 48.0 Å². The molecule has 0 aromatic heterocycles. The van der Waals surface area contributed by atoms with Crippen LogP contribution in [0.2, 0.25) is 5.02 Å². The first-order valence-electron chi connectivity index (χ1n) is 9.05. The van der Waals surface area contributed by atoms with E-state index in [0.29, 0.717) is 23.6 Å². The Morgan fingerprint density at radius 2 is 1.79 bits per heavy atom.